The zero-order valence-corrected chi connectivity index (χ0v) is 13.3. The number of aliphatic hydroxyl groups excluding tert-OH is 2. The molecule has 0 aliphatic carbocycles. The van der Waals surface area contributed by atoms with Crippen LogP contribution in [-0.4, -0.2) is 60.9 Å². The average Bonchev–Trinajstić information content (AvgIpc) is 2.36. The fourth-order valence-corrected chi connectivity index (χ4v) is 1.06. The molecule has 0 rings (SSSR count). The second kappa shape index (κ2) is 14.7. The lowest BCUT2D eigenvalue weighted by atomic mass is 10.4. The van der Waals surface area contributed by atoms with Gasteiger partial charge in [0.2, 0.25) is 0 Å². The van der Waals surface area contributed by atoms with Crippen LogP contribution in [0.15, 0.2) is 0 Å². The molecule has 3 unspecified atom stereocenters. The number of rotatable bonds is 9. The molecule has 0 saturated heterocycles. The van der Waals surface area contributed by atoms with Gasteiger partial charge in [-0.3, -0.25) is 4.79 Å². The van der Waals surface area contributed by atoms with Crippen molar-refractivity contribution in [3.63, 3.8) is 0 Å². The Bertz CT molecular complexity index is 220. The molecular formula is C14H30O6. The fourth-order valence-electron chi connectivity index (χ4n) is 1.06. The molecule has 6 nitrogen and oxygen atoms in total. The van der Waals surface area contributed by atoms with Crippen LogP contribution in [0.3, 0.4) is 0 Å². The Morgan fingerprint density at radius 2 is 1.70 bits per heavy atom. The summed E-state index contributed by atoms with van der Waals surface area (Å²) >= 11 is 0. The number of aliphatic hydroxyl groups is 2. The first-order valence-electron chi connectivity index (χ1n) is 6.98. The van der Waals surface area contributed by atoms with Crippen molar-refractivity contribution in [3.8, 4) is 0 Å². The van der Waals surface area contributed by atoms with Crippen molar-refractivity contribution in [2.45, 2.75) is 59.4 Å². The van der Waals surface area contributed by atoms with Crippen LogP contribution in [0.25, 0.3) is 0 Å². The third-order valence-electron chi connectivity index (χ3n) is 1.95. The van der Waals surface area contributed by atoms with Gasteiger partial charge in [-0.1, -0.05) is 6.92 Å². The molecular weight excluding hydrogens is 264 g/mol. The van der Waals surface area contributed by atoms with E-state index in [2.05, 4.69) is 6.92 Å². The topological polar surface area (TPSA) is 85.2 Å². The Morgan fingerprint density at radius 3 is 2.10 bits per heavy atom. The summed E-state index contributed by atoms with van der Waals surface area (Å²) < 4.78 is 15.7. The van der Waals surface area contributed by atoms with E-state index in [1.54, 1.807) is 6.92 Å². The lowest BCUT2D eigenvalue weighted by Crippen LogP contribution is -2.24. The summed E-state index contributed by atoms with van der Waals surface area (Å²) in [7, 11) is 0. The number of esters is 1. The lowest BCUT2D eigenvalue weighted by molar-refractivity contribution is -0.149. The maximum absolute atomic E-state index is 10.6. The van der Waals surface area contributed by atoms with E-state index >= 15 is 0 Å². The Kier molecular flexibility index (Phi) is 15.9. The summed E-state index contributed by atoms with van der Waals surface area (Å²) in [4.78, 5) is 10.6. The quantitative estimate of drug-likeness (QED) is 0.490. The second-order valence-corrected chi connectivity index (χ2v) is 4.67. The molecule has 0 aromatic heterocycles. The molecule has 3 atom stereocenters. The maximum atomic E-state index is 10.6. The number of hydrogen-bond acceptors (Lipinski definition) is 6. The van der Waals surface area contributed by atoms with E-state index in [1.807, 2.05) is 6.92 Å². The van der Waals surface area contributed by atoms with Crippen LogP contribution in [0.5, 0.6) is 0 Å². The van der Waals surface area contributed by atoms with Crippen LogP contribution in [0.4, 0.5) is 0 Å². The number of carbonyl (C=O) groups is 1. The summed E-state index contributed by atoms with van der Waals surface area (Å²) in [6.45, 7) is 10.3. The van der Waals surface area contributed by atoms with Crippen LogP contribution in [0.1, 0.15) is 41.0 Å². The van der Waals surface area contributed by atoms with Gasteiger partial charge in [-0.05, 0) is 27.2 Å². The molecule has 0 aromatic rings. The van der Waals surface area contributed by atoms with Crippen LogP contribution < -0.4 is 0 Å². The molecule has 2 N–H and O–H groups in total. The van der Waals surface area contributed by atoms with Gasteiger partial charge in [-0.15, -0.1) is 0 Å². The standard InChI is InChI=1S/C11H22O4.C3H8O2/c1-5-6-13-7-9(2)14-8-10(3)15-11(4)12;1-3(5)2-4/h9-10H,5-8H2,1-4H3;3-5H,2H2,1H3. The monoisotopic (exact) mass is 294 g/mol. The maximum Gasteiger partial charge on any atom is 0.302 e. The highest BCUT2D eigenvalue weighted by molar-refractivity contribution is 5.66. The van der Waals surface area contributed by atoms with E-state index < -0.39 is 6.10 Å². The highest BCUT2D eigenvalue weighted by atomic mass is 16.6. The van der Waals surface area contributed by atoms with E-state index in [9.17, 15) is 4.79 Å². The molecule has 0 spiro atoms. The summed E-state index contributed by atoms with van der Waals surface area (Å²) in [6.07, 6.45) is 0.289. The molecule has 122 valence electrons. The Hall–Kier alpha value is -0.690. The molecule has 0 aliphatic heterocycles. The van der Waals surface area contributed by atoms with Gasteiger partial charge >= 0.3 is 5.97 Å². The van der Waals surface area contributed by atoms with E-state index in [0.29, 0.717) is 13.2 Å². The number of ether oxygens (including phenoxy) is 3. The van der Waals surface area contributed by atoms with Gasteiger partial charge < -0.3 is 24.4 Å². The van der Waals surface area contributed by atoms with Crippen LogP contribution in [0.2, 0.25) is 0 Å². The van der Waals surface area contributed by atoms with Gasteiger partial charge in [0.1, 0.15) is 6.10 Å². The van der Waals surface area contributed by atoms with Gasteiger partial charge in [-0.25, -0.2) is 0 Å². The van der Waals surface area contributed by atoms with Gasteiger partial charge in [0.15, 0.2) is 0 Å². The van der Waals surface area contributed by atoms with Crippen LogP contribution in [0, 0.1) is 0 Å². The minimum absolute atomic E-state index is 0.0366. The predicted octanol–water partition coefficient (Wildman–Crippen LogP) is 1.13. The first-order chi connectivity index (χ1) is 9.33. The number of carbonyl (C=O) groups excluding carboxylic acids is 1. The summed E-state index contributed by atoms with van der Waals surface area (Å²) in [6, 6.07) is 0. The Morgan fingerprint density at radius 1 is 1.15 bits per heavy atom. The largest absolute Gasteiger partial charge is 0.460 e. The van der Waals surface area contributed by atoms with Crippen molar-refractivity contribution >= 4 is 5.97 Å². The Labute approximate surface area is 122 Å². The minimum atomic E-state index is -0.560. The van der Waals surface area contributed by atoms with Crippen molar-refractivity contribution in [1.29, 1.82) is 0 Å². The van der Waals surface area contributed by atoms with E-state index in [-0.39, 0.29) is 24.8 Å². The highest BCUT2D eigenvalue weighted by Gasteiger charge is 2.08. The lowest BCUT2D eigenvalue weighted by Gasteiger charge is -2.17. The second-order valence-electron chi connectivity index (χ2n) is 4.67. The van der Waals surface area contributed by atoms with Crippen molar-refractivity contribution < 1.29 is 29.2 Å². The van der Waals surface area contributed by atoms with Crippen LogP contribution in [-0.2, 0) is 19.0 Å². The SMILES string of the molecule is CC(O)CO.CCCOCC(C)OCC(C)OC(C)=O. The average molecular weight is 294 g/mol. The third kappa shape index (κ3) is 19.6. The predicted molar refractivity (Wildman–Crippen MR) is 76.5 cm³/mol. The van der Waals surface area contributed by atoms with Gasteiger partial charge in [0.05, 0.1) is 32.0 Å². The van der Waals surface area contributed by atoms with Crippen molar-refractivity contribution in [3.05, 3.63) is 0 Å². The molecule has 0 fully saturated rings. The fraction of sp³-hybridized carbons (Fsp3) is 0.929. The molecule has 6 heteroatoms. The summed E-state index contributed by atoms with van der Waals surface area (Å²) in [5.74, 6) is -0.277. The van der Waals surface area contributed by atoms with Crippen molar-refractivity contribution in [2.75, 3.05) is 26.4 Å². The normalized spacial score (nSPS) is 14.8. The first kappa shape index (κ1) is 21.6. The zero-order chi connectivity index (χ0) is 16.0. The third-order valence-corrected chi connectivity index (χ3v) is 1.95. The van der Waals surface area contributed by atoms with Gasteiger partial charge in [-0.2, -0.15) is 0 Å². The number of hydrogen-bond donors (Lipinski definition) is 2. The zero-order valence-electron chi connectivity index (χ0n) is 13.3. The molecule has 0 heterocycles. The molecule has 0 aromatic carbocycles. The van der Waals surface area contributed by atoms with Crippen LogP contribution >= 0.6 is 0 Å². The van der Waals surface area contributed by atoms with E-state index in [0.717, 1.165) is 13.0 Å². The van der Waals surface area contributed by atoms with Gasteiger partial charge in [0.25, 0.3) is 0 Å². The Balaban J connectivity index is 0. The smallest absolute Gasteiger partial charge is 0.302 e. The van der Waals surface area contributed by atoms with Crippen molar-refractivity contribution in [2.24, 2.45) is 0 Å². The highest BCUT2D eigenvalue weighted by Crippen LogP contribution is 1.98. The minimum Gasteiger partial charge on any atom is -0.460 e. The summed E-state index contributed by atoms with van der Waals surface area (Å²) in [5.41, 5.74) is 0. The molecule has 0 radical (unpaired) electrons. The first-order valence-corrected chi connectivity index (χ1v) is 6.98. The molecule has 0 aliphatic rings. The summed E-state index contributed by atoms with van der Waals surface area (Å²) in [5, 5.41) is 16.0. The van der Waals surface area contributed by atoms with Gasteiger partial charge in [0, 0.05) is 13.5 Å². The molecule has 0 bridgehead atoms. The molecule has 20 heavy (non-hydrogen) atoms. The van der Waals surface area contributed by atoms with Crippen molar-refractivity contribution in [1.82, 2.24) is 0 Å². The van der Waals surface area contributed by atoms with E-state index in [4.69, 9.17) is 24.4 Å². The molecule has 0 amide bonds. The molecule has 0 saturated carbocycles. The van der Waals surface area contributed by atoms with E-state index in [1.165, 1.54) is 13.8 Å².